The summed E-state index contributed by atoms with van der Waals surface area (Å²) < 4.78 is 5.83. The van der Waals surface area contributed by atoms with Crippen LogP contribution in [0, 0.1) is 0 Å². The zero-order valence-electron chi connectivity index (χ0n) is 13.0. The van der Waals surface area contributed by atoms with Gasteiger partial charge in [-0.2, -0.15) is 0 Å². The number of hydrogen-bond donors (Lipinski definition) is 2. The summed E-state index contributed by atoms with van der Waals surface area (Å²) in [5, 5.41) is 3.30. The predicted molar refractivity (Wildman–Crippen MR) is 83.8 cm³/mol. The van der Waals surface area contributed by atoms with E-state index >= 15 is 0 Å². The molecule has 0 bridgehead atoms. The van der Waals surface area contributed by atoms with Crippen LogP contribution in [0.3, 0.4) is 0 Å². The molecule has 1 saturated carbocycles. The van der Waals surface area contributed by atoms with Crippen molar-refractivity contribution in [1.82, 2.24) is 10.4 Å². The van der Waals surface area contributed by atoms with E-state index in [1.54, 1.807) is 18.4 Å². The van der Waals surface area contributed by atoms with Gasteiger partial charge in [-0.15, -0.1) is 11.3 Å². The van der Waals surface area contributed by atoms with Crippen molar-refractivity contribution in [2.75, 3.05) is 7.11 Å². The first-order valence-electron chi connectivity index (χ1n) is 7.37. The Morgan fingerprint density at radius 1 is 1.45 bits per heavy atom. The van der Waals surface area contributed by atoms with Gasteiger partial charge >= 0.3 is 0 Å². The average molecular weight is 297 g/mol. The molecule has 5 heteroatoms. The Bertz CT molecular complexity index is 433. The molecule has 1 aromatic rings. The molecule has 4 nitrogen and oxygen atoms in total. The lowest BCUT2D eigenvalue weighted by atomic mass is 9.90. The van der Waals surface area contributed by atoms with E-state index in [2.05, 4.69) is 31.6 Å². The van der Waals surface area contributed by atoms with Crippen LogP contribution in [0.25, 0.3) is 0 Å². The molecule has 1 heterocycles. The molecule has 0 aromatic carbocycles. The van der Waals surface area contributed by atoms with E-state index in [1.165, 1.54) is 12.8 Å². The fourth-order valence-corrected chi connectivity index (χ4v) is 4.06. The Labute approximate surface area is 126 Å². The van der Waals surface area contributed by atoms with Gasteiger partial charge in [-0.25, -0.2) is 4.98 Å². The summed E-state index contributed by atoms with van der Waals surface area (Å²) in [6.07, 6.45) is 5.44. The molecule has 0 saturated heterocycles. The molecule has 0 amide bonds. The van der Waals surface area contributed by atoms with E-state index in [1.807, 2.05) is 0 Å². The minimum absolute atomic E-state index is 0.104. The van der Waals surface area contributed by atoms with E-state index in [9.17, 15) is 0 Å². The van der Waals surface area contributed by atoms with E-state index in [0.717, 1.165) is 30.0 Å². The third-order valence-electron chi connectivity index (χ3n) is 4.39. The normalized spacial score (nSPS) is 20.2. The molecule has 0 spiro atoms. The quantitative estimate of drug-likeness (QED) is 0.648. The van der Waals surface area contributed by atoms with Gasteiger partial charge in [0.1, 0.15) is 0 Å². The van der Waals surface area contributed by atoms with Crippen molar-refractivity contribution in [2.45, 2.75) is 69.9 Å². The van der Waals surface area contributed by atoms with Gasteiger partial charge in [0, 0.05) is 24.3 Å². The first-order valence-corrected chi connectivity index (χ1v) is 8.25. The first-order chi connectivity index (χ1) is 9.41. The van der Waals surface area contributed by atoms with Crippen LogP contribution in [0.5, 0.6) is 0 Å². The van der Waals surface area contributed by atoms with Crippen LogP contribution in [0.2, 0.25) is 0 Å². The second-order valence-corrected chi connectivity index (χ2v) is 7.72. The third kappa shape index (κ3) is 3.22. The number of nitrogens with zero attached hydrogens (tertiary/aromatic N) is 1. The molecule has 3 N–H and O–H groups in total. The van der Waals surface area contributed by atoms with Gasteiger partial charge in [0.2, 0.25) is 0 Å². The Morgan fingerprint density at radius 2 is 2.10 bits per heavy atom. The van der Waals surface area contributed by atoms with Crippen LogP contribution in [0.4, 0.5) is 0 Å². The van der Waals surface area contributed by atoms with E-state index in [-0.39, 0.29) is 17.1 Å². The molecule has 1 fully saturated rings. The monoisotopic (exact) mass is 297 g/mol. The van der Waals surface area contributed by atoms with Gasteiger partial charge in [-0.3, -0.25) is 11.3 Å². The molecule has 114 valence electrons. The number of rotatable bonds is 5. The summed E-state index contributed by atoms with van der Waals surface area (Å²) >= 11 is 1.73. The molecule has 0 radical (unpaired) electrons. The lowest BCUT2D eigenvalue weighted by Gasteiger charge is -2.35. The summed E-state index contributed by atoms with van der Waals surface area (Å²) in [6.45, 7) is 6.58. The standard InChI is InChI=1S/C15H27N3OS/c1-14(2,3)12-10-20-13(17-12)9-11(18-16)15(19-4)7-5-6-8-15/h10-11,18H,5-9,16H2,1-4H3. The summed E-state index contributed by atoms with van der Waals surface area (Å²) in [5.41, 5.74) is 4.11. The first kappa shape index (κ1) is 15.9. The van der Waals surface area contributed by atoms with E-state index < -0.39 is 0 Å². The lowest BCUT2D eigenvalue weighted by Crippen LogP contribution is -2.54. The smallest absolute Gasteiger partial charge is 0.0945 e. The van der Waals surface area contributed by atoms with Crippen LogP contribution in [-0.4, -0.2) is 23.7 Å². The maximum absolute atomic E-state index is 5.83. The highest BCUT2D eigenvalue weighted by Gasteiger charge is 2.41. The number of aromatic nitrogens is 1. The maximum atomic E-state index is 5.83. The third-order valence-corrected chi connectivity index (χ3v) is 5.26. The molecular weight excluding hydrogens is 270 g/mol. The number of nitrogens with two attached hydrogens (primary N) is 1. The van der Waals surface area contributed by atoms with Crippen LogP contribution >= 0.6 is 11.3 Å². The molecule has 1 aliphatic rings. The summed E-state index contributed by atoms with van der Waals surface area (Å²) in [7, 11) is 1.80. The highest BCUT2D eigenvalue weighted by molar-refractivity contribution is 7.09. The predicted octanol–water partition coefficient (Wildman–Crippen LogP) is 2.77. The number of methoxy groups -OCH3 is 1. The Balaban J connectivity index is 2.12. The Hall–Kier alpha value is -0.490. The second-order valence-electron chi connectivity index (χ2n) is 6.78. The van der Waals surface area contributed by atoms with Crippen LogP contribution in [0.1, 0.15) is 57.2 Å². The summed E-state index contributed by atoms with van der Waals surface area (Å²) in [5.74, 6) is 5.80. The molecule has 1 atom stereocenters. The minimum Gasteiger partial charge on any atom is -0.377 e. The minimum atomic E-state index is -0.123. The van der Waals surface area contributed by atoms with Crippen molar-refractivity contribution in [3.63, 3.8) is 0 Å². The lowest BCUT2D eigenvalue weighted by molar-refractivity contribution is -0.0356. The Morgan fingerprint density at radius 3 is 2.55 bits per heavy atom. The number of thiazole rings is 1. The van der Waals surface area contributed by atoms with Crippen LogP contribution in [-0.2, 0) is 16.6 Å². The fourth-order valence-electron chi connectivity index (χ4n) is 2.99. The zero-order chi connectivity index (χ0) is 14.8. The number of hydrazine groups is 1. The molecule has 1 unspecified atom stereocenters. The number of hydrogen-bond acceptors (Lipinski definition) is 5. The van der Waals surface area contributed by atoms with Gasteiger partial charge < -0.3 is 4.74 Å². The SMILES string of the molecule is COC1(C(Cc2nc(C(C)(C)C)cs2)NN)CCCC1. The maximum Gasteiger partial charge on any atom is 0.0945 e. The molecule has 20 heavy (non-hydrogen) atoms. The van der Waals surface area contributed by atoms with Crippen molar-refractivity contribution in [2.24, 2.45) is 5.84 Å². The average Bonchev–Trinajstić information content (AvgIpc) is 3.05. The second kappa shape index (κ2) is 6.10. The van der Waals surface area contributed by atoms with Crippen molar-refractivity contribution in [1.29, 1.82) is 0 Å². The van der Waals surface area contributed by atoms with Gasteiger partial charge in [-0.05, 0) is 12.8 Å². The topological polar surface area (TPSA) is 60.2 Å². The van der Waals surface area contributed by atoms with Crippen molar-refractivity contribution in [3.8, 4) is 0 Å². The van der Waals surface area contributed by atoms with Crippen molar-refractivity contribution in [3.05, 3.63) is 16.1 Å². The van der Waals surface area contributed by atoms with Gasteiger partial charge in [0.15, 0.2) is 0 Å². The molecule has 1 aliphatic carbocycles. The van der Waals surface area contributed by atoms with Crippen LogP contribution < -0.4 is 11.3 Å². The van der Waals surface area contributed by atoms with Crippen molar-refractivity contribution >= 4 is 11.3 Å². The molecule has 0 aliphatic heterocycles. The summed E-state index contributed by atoms with van der Waals surface area (Å²) in [6, 6.07) is 0.133. The highest BCUT2D eigenvalue weighted by Crippen LogP contribution is 2.37. The van der Waals surface area contributed by atoms with Gasteiger partial charge in [-0.1, -0.05) is 33.6 Å². The molecule has 1 aromatic heterocycles. The zero-order valence-corrected chi connectivity index (χ0v) is 13.8. The fraction of sp³-hybridized carbons (Fsp3) is 0.800. The van der Waals surface area contributed by atoms with Crippen molar-refractivity contribution < 1.29 is 4.74 Å². The molecular formula is C15H27N3OS. The Kier molecular flexibility index (Phi) is 4.84. The van der Waals surface area contributed by atoms with Gasteiger partial charge in [0.05, 0.1) is 22.3 Å². The number of ether oxygens (including phenoxy) is 1. The van der Waals surface area contributed by atoms with E-state index in [4.69, 9.17) is 15.6 Å². The summed E-state index contributed by atoms with van der Waals surface area (Å²) in [4.78, 5) is 4.77. The molecule has 2 rings (SSSR count). The largest absolute Gasteiger partial charge is 0.377 e. The highest BCUT2D eigenvalue weighted by atomic mass is 32.1. The van der Waals surface area contributed by atoms with Crippen LogP contribution in [0.15, 0.2) is 5.38 Å². The van der Waals surface area contributed by atoms with Gasteiger partial charge in [0.25, 0.3) is 0 Å². The number of nitrogens with one attached hydrogen (secondary N) is 1. The van der Waals surface area contributed by atoms with E-state index in [0.29, 0.717) is 0 Å².